The van der Waals surface area contributed by atoms with Crippen molar-refractivity contribution in [3.63, 3.8) is 0 Å². The highest BCUT2D eigenvalue weighted by molar-refractivity contribution is 8.03. The lowest BCUT2D eigenvalue weighted by Gasteiger charge is -2.04. The Bertz CT molecular complexity index is 933. The van der Waals surface area contributed by atoms with E-state index < -0.39 is 16.9 Å². The van der Waals surface area contributed by atoms with Crippen molar-refractivity contribution in [2.75, 3.05) is 6.54 Å². The van der Waals surface area contributed by atoms with Crippen molar-refractivity contribution >= 4 is 29.8 Å². The molecule has 0 saturated carbocycles. The average Bonchev–Trinajstić information content (AvgIpc) is 2.69. The lowest BCUT2D eigenvalue weighted by atomic mass is 10.2. The van der Waals surface area contributed by atoms with Crippen molar-refractivity contribution in [1.29, 1.82) is 5.26 Å². The number of carbonyl (C=O) groups is 2. The Morgan fingerprint density at radius 1 is 1.07 bits per heavy atom. The highest BCUT2D eigenvalue weighted by atomic mass is 32.2. The number of thiocyanates is 1. The number of ether oxygens (including phenoxy) is 2. The third kappa shape index (κ3) is 8.28. The Kier molecular flexibility index (Phi) is 8.41. The third-order valence-electron chi connectivity index (χ3n) is 3.45. The molecule has 0 spiro atoms. The van der Waals surface area contributed by atoms with Crippen molar-refractivity contribution < 1.29 is 24.0 Å². The summed E-state index contributed by atoms with van der Waals surface area (Å²) in [6.07, 6.45) is 2.89. The van der Waals surface area contributed by atoms with E-state index in [1.165, 1.54) is 6.08 Å². The topological polar surface area (TPSA) is 120 Å². The fourth-order valence-corrected chi connectivity index (χ4v) is 2.50. The van der Waals surface area contributed by atoms with Crippen LogP contribution in [0.5, 0.6) is 11.5 Å². The predicted molar refractivity (Wildman–Crippen MR) is 106 cm³/mol. The maximum absolute atomic E-state index is 11.9. The first-order valence-corrected chi connectivity index (χ1v) is 9.26. The monoisotopic (exact) mass is 412 g/mol. The molecule has 0 aliphatic carbocycles. The van der Waals surface area contributed by atoms with Gasteiger partial charge in [0.25, 0.3) is 0 Å². The Labute approximate surface area is 170 Å². The Morgan fingerprint density at radius 3 is 2.31 bits per heavy atom. The molecule has 0 saturated heterocycles. The van der Waals surface area contributed by atoms with E-state index in [2.05, 4.69) is 0 Å². The number of thioether (sulfide) groups is 1. The molecule has 0 atom stereocenters. The summed E-state index contributed by atoms with van der Waals surface area (Å²) >= 11 is 1.01. The van der Waals surface area contributed by atoms with Crippen molar-refractivity contribution in [2.24, 2.45) is 0 Å². The van der Waals surface area contributed by atoms with Crippen molar-refractivity contribution in [3.8, 4) is 16.9 Å². The smallest absolute Gasteiger partial charge is 0.336 e. The van der Waals surface area contributed by atoms with Gasteiger partial charge in [-0.15, -0.1) is 0 Å². The molecule has 0 aromatic heterocycles. The quantitative estimate of drug-likeness (QED) is 0.116. The minimum absolute atomic E-state index is 0.0370. The minimum Gasteiger partial charge on any atom is -0.427 e. The molecular formula is C20H16N2O6S. The Hall–Kier alpha value is -3.64. The van der Waals surface area contributed by atoms with Gasteiger partial charge in [0.15, 0.2) is 0 Å². The van der Waals surface area contributed by atoms with Gasteiger partial charge in [-0.2, -0.15) is 5.26 Å². The summed E-state index contributed by atoms with van der Waals surface area (Å²) in [5.74, 6) is -0.433. The van der Waals surface area contributed by atoms with E-state index >= 15 is 0 Å². The van der Waals surface area contributed by atoms with Gasteiger partial charge in [0.1, 0.15) is 16.9 Å². The molecule has 148 valence electrons. The van der Waals surface area contributed by atoms with Crippen LogP contribution in [-0.4, -0.2) is 23.4 Å². The molecule has 0 unspecified atom stereocenters. The first-order valence-electron chi connectivity index (χ1n) is 8.44. The number of nitro groups is 1. The van der Waals surface area contributed by atoms with Gasteiger partial charge in [0.2, 0.25) is 6.54 Å². The third-order valence-corrected chi connectivity index (χ3v) is 4.05. The van der Waals surface area contributed by atoms with Crippen molar-refractivity contribution in [1.82, 2.24) is 0 Å². The molecule has 0 N–H and O–H groups in total. The first-order chi connectivity index (χ1) is 14.0. The normalized spacial score (nSPS) is 10.3. The van der Waals surface area contributed by atoms with Crippen LogP contribution >= 0.6 is 11.8 Å². The number of esters is 2. The zero-order chi connectivity index (χ0) is 21.1. The van der Waals surface area contributed by atoms with Crippen LogP contribution in [0.25, 0.3) is 6.08 Å². The zero-order valence-corrected chi connectivity index (χ0v) is 16.0. The lowest BCUT2D eigenvalue weighted by molar-refractivity contribution is -0.480. The summed E-state index contributed by atoms with van der Waals surface area (Å²) in [5, 5.41) is 20.8. The molecular weight excluding hydrogens is 396 g/mol. The maximum atomic E-state index is 11.9. The standard InChI is InChI=1S/C20H16N2O6S/c21-14-29-18-10-8-17(9-11-18)28-20(24)12-5-15-3-6-16(7-4-15)27-19(23)2-1-13-22(25)26/h3-12H,1-2,13H2/b12-5+. The molecule has 2 rings (SSSR count). The van der Waals surface area contributed by atoms with Gasteiger partial charge >= 0.3 is 11.9 Å². The molecule has 29 heavy (non-hydrogen) atoms. The number of hydrogen-bond acceptors (Lipinski definition) is 8. The van der Waals surface area contributed by atoms with Gasteiger partial charge in [-0.05, 0) is 59.8 Å². The van der Waals surface area contributed by atoms with Crippen LogP contribution in [0.3, 0.4) is 0 Å². The van der Waals surface area contributed by atoms with Crippen molar-refractivity contribution in [3.05, 3.63) is 70.3 Å². The molecule has 0 fully saturated rings. The molecule has 2 aromatic rings. The van der Waals surface area contributed by atoms with E-state index in [-0.39, 0.29) is 19.4 Å². The lowest BCUT2D eigenvalue weighted by Crippen LogP contribution is -2.10. The van der Waals surface area contributed by atoms with Crippen LogP contribution in [0.15, 0.2) is 59.5 Å². The SMILES string of the molecule is N#CSc1ccc(OC(=O)/C=C/c2ccc(OC(=O)CCC[N+](=O)[O-])cc2)cc1. The van der Waals surface area contributed by atoms with E-state index in [9.17, 15) is 19.7 Å². The van der Waals surface area contributed by atoms with Crippen molar-refractivity contribution in [2.45, 2.75) is 17.7 Å². The first kappa shape index (κ1) is 21.7. The summed E-state index contributed by atoms with van der Waals surface area (Å²) < 4.78 is 10.2. The molecule has 8 nitrogen and oxygen atoms in total. The zero-order valence-electron chi connectivity index (χ0n) is 15.1. The summed E-state index contributed by atoms with van der Waals surface area (Å²) in [4.78, 5) is 34.0. The number of nitriles is 1. The van der Waals surface area contributed by atoms with E-state index in [4.69, 9.17) is 14.7 Å². The van der Waals surface area contributed by atoms with E-state index in [0.29, 0.717) is 17.1 Å². The van der Waals surface area contributed by atoms with Gasteiger partial charge in [0, 0.05) is 22.3 Å². The second-order valence-corrected chi connectivity index (χ2v) is 6.48. The van der Waals surface area contributed by atoms with Crippen LogP contribution in [0.4, 0.5) is 0 Å². The van der Waals surface area contributed by atoms with Crippen LogP contribution in [-0.2, 0) is 9.59 Å². The van der Waals surface area contributed by atoms with Crippen LogP contribution < -0.4 is 9.47 Å². The predicted octanol–water partition coefficient (Wildman–Crippen LogP) is 3.84. The largest absolute Gasteiger partial charge is 0.427 e. The van der Waals surface area contributed by atoms with Crippen LogP contribution in [0, 0.1) is 20.8 Å². The Morgan fingerprint density at radius 2 is 1.69 bits per heavy atom. The summed E-state index contributed by atoms with van der Waals surface area (Å²) in [5.41, 5.74) is 0.691. The van der Waals surface area contributed by atoms with Gasteiger partial charge in [-0.3, -0.25) is 14.9 Å². The molecule has 2 aromatic carbocycles. The number of nitrogens with zero attached hydrogens (tertiary/aromatic N) is 2. The highest BCUT2D eigenvalue weighted by Gasteiger charge is 2.07. The molecule has 0 heterocycles. The number of rotatable bonds is 9. The molecule has 0 radical (unpaired) electrons. The molecule has 9 heteroatoms. The average molecular weight is 412 g/mol. The number of hydrogen-bond donors (Lipinski definition) is 0. The fourth-order valence-electron chi connectivity index (χ4n) is 2.12. The van der Waals surface area contributed by atoms with E-state index in [0.717, 1.165) is 16.7 Å². The van der Waals surface area contributed by atoms with E-state index in [1.54, 1.807) is 54.6 Å². The van der Waals surface area contributed by atoms with Gasteiger partial charge in [-0.1, -0.05) is 12.1 Å². The second-order valence-electron chi connectivity index (χ2n) is 5.62. The fraction of sp³-hybridized carbons (Fsp3) is 0.150. The maximum Gasteiger partial charge on any atom is 0.336 e. The van der Waals surface area contributed by atoms with E-state index in [1.807, 2.05) is 5.40 Å². The van der Waals surface area contributed by atoms with Gasteiger partial charge < -0.3 is 9.47 Å². The van der Waals surface area contributed by atoms with Crippen LogP contribution in [0.1, 0.15) is 18.4 Å². The Balaban J connectivity index is 1.82. The molecule has 0 amide bonds. The highest BCUT2D eigenvalue weighted by Crippen LogP contribution is 2.20. The molecule has 0 aliphatic heterocycles. The summed E-state index contributed by atoms with van der Waals surface area (Å²) in [7, 11) is 0. The van der Waals surface area contributed by atoms with Gasteiger partial charge in [-0.25, -0.2) is 4.79 Å². The second kappa shape index (κ2) is 11.3. The molecule has 0 bridgehead atoms. The summed E-state index contributed by atoms with van der Waals surface area (Å²) in [6.45, 7) is -0.280. The number of carbonyl (C=O) groups excluding carboxylic acids is 2. The van der Waals surface area contributed by atoms with Gasteiger partial charge in [0.05, 0.1) is 6.42 Å². The minimum atomic E-state index is -0.563. The number of benzene rings is 2. The summed E-state index contributed by atoms with van der Waals surface area (Å²) in [6, 6.07) is 13.0. The molecule has 0 aliphatic rings. The van der Waals surface area contributed by atoms with Crippen LogP contribution in [0.2, 0.25) is 0 Å².